The number of hydrogen-bond acceptors (Lipinski definition) is 5. The van der Waals surface area contributed by atoms with Gasteiger partial charge in [0, 0.05) is 13.1 Å². The van der Waals surface area contributed by atoms with Gasteiger partial charge in [-0.2, -0.15) is 0 Å². The summed E-state index contributed by atoms with van der Waals surface area (Å²) in [4.78, 5) is 4.18. The van der Waals surface area contributed by atoms with Gasteiger partial charge in [-0.1, -0.05) is 6.07 Å². The van der Waals surface area contributed by atoms with E-state index >= 15 is 0 Å². The quantitative estimate of drug-likeness (QED) is 0.269. The van der Waals surface area contributed by atoms with Gasteiger partial charge < -0.3 is 20.1 Å². The van der Waals surface area contributed by atoms with Crippen LogP contribution in [0.1, 0.15) is 12.5 Å². The molecule has 25 heavy (non-hydrogen) atoms. The third-order valence-electron chi connectivity index (χ3n) is 3.14. The molecule has 0 aliphatic heterocycles. The molecular weight excluding hydrogens is 459 g/mol. The Morgan fingerprint density at radius 3 is 2.44 bits per heavy atom. The summed E-state index contributed by atoms with van der Waals surface area (Å²) in [6.07, 6.45) is 0.750. The van der Waals surface area contributed by atoms with Crippen molar-refractivity contribution < 1.29 is 17.9 Å². The maximum atomic E-state index is 10.9. The maximum absolute atomic E-state index is 10.9. The molecule has 0 aromatic heterocycles. The number of primary sulfonamides is 1. The van der Waals surface area contributed by atoms with Crippen LogP contribution in [0.25, 0.3) is 0 Å². The van der Waals surface area contributed by atoms with E-state index < -0.39 is 10.0 Å². The first-order chi connectivity index (χ1) is 11.4. The first-order valence-electron chi connectivity index (χ1n) is 7.63. The molecule has 0 bridgehead atoms. The van der Waals surface area contributed by atoms with Crippen molar-refractivity contribution in [3.05, 3.63) is 23.8 Å². The van der Waals surface area contributed by atoms with Crippen molar-refractivity contribution in [1.82, 2.24) is 10.6 Å². The average molecular weight is 486 g/mol. The number of hydrogen-bond donors (Lipinski definition) is 3. The van der Waals surface area contributed by atoms with Crippen molar-refractivity contribution in [3.8, 4) is 11.5 Å². The standard InChI is InChI=1S/C15H26N4O4S.HI/c1-4-17-15(19-9-10-24(16,20)21)18-8-7-12-5-6-13(22-2)14(11-12)23-3;/h5-6,11H,4,7-10H2,1-3H3,(H2,16,20,21)(H2,17,18,19);1H. The molecule has 0 fully saturated rings. The molecule has 0 heterocycles. The van der Waals surface area contributed by atoms with Crippen LogP contribution in [-0.4, -0.2) is 54.0 Å². The zero-order valence-electron chi connectivity index (χ0n) is 14.7. The fourth-order valence-corrected chi connectivity index (χ4v) is 2.33. The van der Waals surface area contributed by atoms with Gasteiger partial charge in [0.05, 0.1) is 26.5 Å². The van der Waals surface area contributed by atoms with Crippen LogP contribution in [0, 0.1) is 0 Å². The SMILES string of the molecule is CCNC(=NCCS(N)(=O)=O)NCCc1ccc(OC)c(OC)c1.I. The lowest BCUT2D eigenvalue weighted by atomic mass is 10.1. The van der Waals surface area contributed by atoms with Crippen molar-refractivity contribution in [2.45, 2.75) is 13.3 Å². The van der Waals surface area contributed by atoms with E-state index in [2.05, 4.69) is 15.6 Å². The summed E-state index contributed by atoms with van der Waals surface area (Å²) in [7, 11) is -0.305. The highest BCUT2D eigenvalue weighted by Crippen LogP contribution is 2.27. The summed E-state index contributed by atoms with van der Waals surface area (Å²) in [6.45, 7) is 3.37. The van der Waals surface area contributed by atoms with E-state index in [-0.39, 0.29) is 36.3 Å². The first-order valence-corrected chi connectivity index (χ1v) is 9.34. The molecule has 0 aliphatic rings. The minimum absolute atomic E-state index is 0. The minimum atomic E-state index is -3.50. The molecule has 10 heteroatoms. The van der Waals surface area contributed by atoms with Crippen LogP contribution in [0.3, 0.4) is 0 Å². The Morgan fingerprint density at radius 1 is 1.20 bits per heavy atom. The number of guanidine groups is 1. The lowest BCUT2D eigenvalue weighted by Gasteiger charge is -2.12. The van der Waals surface area contributed by atoms with E-state index in [9.17, 15) is 8.42 Å². The Morgan fingerprint density at radius 2 is 1.88 bits per heavy atom. The number of ether oxygens (including phenoxy) is 2. The lowest BCUT2D eigenvalue weighted by molar-refractivity contribution is 0.354. The fraction of sp³-hybridized carbons (Fsp3) is 0.533. The molecule has 0 atom stereocenters. The minimum Gasteiger partial charge on any atom is -0.493 e. The molecule has 0 spiro atoms. The van der Waals surface area contributed by atoms with Crippen molar-refractivity contribution in [2.24, 2.45) is 10.1 Å². The monoisotopic (exact) mass is 486 g/mol. The zero-order chi connectivity index (χ0) is 18.0. The summed E-state index contributed by atoms with van der Waals surface area (Å²) in [5.41, 5.74) is 1.08. The normalized spacial score (nSPS) is 11.4. The molecule has 0 radical (unpaired) electrons. The van der Waals surface area contributed by atoms with Crippen molar-refractivity contribution in [3.63, 3.8) is 0 Å². The second kappa shape index (κ2) is 12.1. The molecule has 0 unspecified atom stereocenters. The number of rotatable bonds is 9. The molecule has 8 nitrogen and oxygen atoms in total. The summed E-state index contributed by atoms with van der Waals surface area (Å²) in [5, 5.41) is 11.2. The van der Waals surface area contributed by atoms with E-state index in [0.717, 1.165) is 12.0 Å². The molecular formula is C15H27IN4O4S. The van der Waals surface area contributed by atoms with Crippen LogP contribution in [-0.2, 0) is 16.4 Å². The molecule has 0 aliphatic carbocycles. The van der Waals surface area contributed by atoms with Gasteiger partial charge in [-0.15, -0.1) is 24.0 Å². The van der Waals surface area contributed by atoms with Gasteiger partial charge >= 0.3 is 0 Å². The van der Waals surface area contributed by atoms with Gasteiger partial charge in [-0.3, -0.25) is 4.99 Å². The summed E-state index contributed by atoms with van der Waals surface area (Å²) in [5.74, 6) is 1.75. The van der Waals surface area contributed by atoms with E-state index in [1.54, 1.807) is 14.2 Å². The predicted molar refractivity (Wildman–Crippen MR) is 111 cm³/mol. The molecule has 0 saturated heterocycles. The topological polar surface area (TPSA) is 115 Å². The number of benzene rings is 1. The van der Waals surface area contributed by atoms with Crippen LogP contribution in [0.5, 0.6) is 11.5 Å². The van der Waals surface area contributed by atoms with Gasteiger partial charge in [0.15, 0.2) is 17.5 Å². The lowest BCUT2D eigenvalue weighted by Crippen LogP contribution is -2.38. The molecule has 0 amide bonds. The van der Waals surface area contributed by atoms with Crippen LogP contribution < -0.4 is 25.2 Å². The highest BCUT2D eigenvalue weighted by molar-refractivity contribution is 14.0. The van der Waals surface area contributed by atoms with Gasteiger partial charge in [-0.05, 0) is 31.0 Å². The summed E-state index contributed by atoms with van der Waals surface area (Å²) in [6, 6.07) is 5.75. The Kier molecular flexibility index (Phi) is 11.5. The Balaban J connectivity index is 0.00000576. The van der Waals surface area contributed by atoms with Crippen molar-refractivity contribution in [2.75, 3.05) is 39.6 Å². The molecule has 1 rings (SSSR count). The van der Waals surface area contributed by atoms with E-state index in [0.29, 0.717) is 30.5 Å². The van der Waals surface area contributed by atoms with Crippen LogP contribution in [0.15, 0.2) is 23.2 Å². The predicted octanol–water partition coefficient (Wildman–Crippen LogP) is 0.708. The van der Waals surface area contributed by atoms with E-state index in [1.165, 1.54) is 0 Å². The molecule has 1 aromatic carbocycles. The molecule has 1 aromatic rings. The van der Waals surface area contributed by atoms with Crippen molar-refractivity contribution >= 4 is 40.0 Å². The molecule has 0 saturated carbocycles. The van der Waals surface area contributed by atoms with Gasteiger partial charge in [0.1, 0.15) is 0 Å². The number of methoxy groups -OCH3 is 2. The Labute approximate surface area is 166 Å². The van der Waals surface area contributed by atoms with Gasteiger partial charge in [-0.25, -0.2) is 13.6 Å². The Bertz CT molecular complexity index is 653. The fourth-order valence-electron chi connectivity index (χ4n) is 1.99. The first kappa shape index (κ1) is 23.7. The van der Waals surface area contributed by atoms with Gasteiger partial charge in [0.2, 0.25) is 10.0 Å². The smallest absolute Gasteiger partial charge is 0.210 e. The van der Waals surface area contributed by atoms with Crippen LogP contribution >= 0.6 is 24.0 Å². The zero-order valence-corrected chi connectivity index (χ0v) is 17.9. The van der Waals surface area contributed by atoms with Crippen LogP contribution in [0.4, 0.5) is 0 Å². The third-order valence-corrected chi connectivity index (χ3v) is 3.90. The third kappa shape index (κ3) is 9.70. The maximum Gasteiger partial charge on any atom is 0.210 e. The number of aliphatic imine (C=N–C) groups is 1. The second-order valence-electron chi connectivity index (χ2n) is 4.99. The molecule has 144 valence electrons. The number of nitrogens with one attached hydrogen (secondary N) is 2. The van der Waals surface area contributed by atoms with E-state index in [1.807, 2.05) is 25.1 Å². The highest BCUT2D eigenvalue weighted by Gasteiger charge is 2.05. The number of nitrogens with zero attached hydrogens (tertiary/aromatic N) is 1. The Hall–Kier alpha value is -1.27. The van der Waals surface area contributed by atoms with Gasteiger partial charge in [0.25, 0.3) is 0 Å². The summed E-state index contributed by atoms with van der Waals surface area (Å²) >= 11 is 0. The second-order valence-corrected chi connectivity index (χ2v) is 6.73. The molecule has 4 N–H and O–H groups in total. The average Bonchev–Trinajstić information content (AvgIpc) is 2.53. The van der Waals surface area contributed by atoms with Crippen LogP contribution in [0.2, 0.25) is 0 Å². The summed E-state index contributed by atoms with van der Waals surface area (Å²) < 4.78 is 32.3. The van der Waals surface area contributed by atoms with E-state index in [4.69, 9.17) is 14.6 Å². The number of halogens is 1. The van der Waals surface area contributed by atoms with Crippen molar-refractivity contribution in [1.29, 1.82) is 0 Å². The highest BCUT2D eigenvalue weighted by atomic mass is 127. The number of sulfonamides is 1. The largest absolute Gasteiger partial charge is 0.493 e. The number of nitrogens with two attached hydrogens (primary N) is 1.